The smallest absolute Gasteiger partial charge is 0.0220 e. The Bertz CT molecular complexity index is 127. The lowest BCUT2D eigenvalue weighted by Gasteiger charge is -2.08. The summed E-state index contributed by atoms with van der Waals surface area (Å²) in [4.78, 5) is 0. The van der Waals surface area contributed by atoms with Gasteiger partial charge >= 0.3 is 0 Å². The number of rotatable bonds is 2. The van der Waals surface area contributed by atoms with Gasteiger partial charge < -0.3 is 0 Å². The van der Waals surface area contributed by atoms with Crippen molar-refractivity contribution in [3.05, 3.63) is 23.8 Å². The molecule has 0 rings (SSSR count). The molecule has 0 nitrogen and oxygen atoms in total. The van der Waals surface area contributed by atoms with Crippen molar-refractivity contribution in [2.45, 2.75) is 27.7 Å². The second kappa shape index (κ2) is 3.49. The zero-order valence-corrected chi connectivity index (χ0v) is 6.86. The van der Waals surface area contributed by atoms with Gasteiger partial charge in [-0.15, -0.1) is 0 Å². The fourth-order valence-corrected chi connectivity index (χ4v) is 1.07. The molecule has 0 N–H and O–H groups in total. The van der Waals surface area contributed by atoms with E-state index in [2.05, 4.69) is 40.3 Å². The van der Waals surface area contributed by atoms with E-state index >= 15 is 0 Å². The van der Waals surface area contributed by atoms with Crippen molar-refractivity contribution in [1.82, 2.24) is 0 Å². The minimum Gasteiger partial charge on any atom is -0.0958 e. The molecule has 0 fully saturated rings. The summed E-state index contributed by atoms with van der Waals surface area (Å²) in [5.41, 5.74) is 2.56. The van der Waals surface area contributed by atoms with Crippen LogP contribution in [0.5, 0.6) is 0 Å². The monoisotopic (exact) mass is 124 g/mol. The van der Waals surface area contributed by atoms with E-state index in [1.54, 1.807) is 0 Å². The van der Waals surface area contributed by atoms with E-state index in [4.69, 9.17) is 0 Å². The third kappa shape index (κ3) is 2.50. The zero-order valence-electron chi connectivity index (χ0n) is 6.86. The van der Waals surface area contributed by atoms with E-state index in [9.17, 15) is 0 Å². The molecular weight excluding hydrogens is 108 g/mol. The van der Waals surface area contributed by atoms with Crippen molar-refractivity contribution in [3.8, 4) is 0 Å². The largest absolute Gasteiger partial charge is 0.0958 e. The third-order valence-corrected chi connectivity index (χ3v) is 1.43. The first kappa shape index (κ1) is 8.48. The quantitative estimate of drug-likeness (QED) is 0.496. The second-order valence-electron chi connectivity index (χ2n) is 2.68. The third-order valence-electron chi connectivity index (χ3n) is 1.43. The highest BCUT2D eigenvalue weighted by Crippen LogP contribution is 2.16. The van der Waals surface area contributed by atoms with Crippen LogP contribution in [0.2, 0.25) is 0 Å². The summed E-state index contributed by atoms with van der Waals surface area (Å²) in [5.74, 6) is 0.618. The first-order valence-corrected chi connectivity index (χ1v) is 3.41. The molecule has 9 heavy (non-hydrogen) atoms. The molecule has 52 valence electrons. The van der Waals surface area contributed by atoms with E-state index in [1.165, 1.54) is 11.1 Å². The molecule has 0 amide bonds. The van der Waals surface area contributed by atoms with Crippen LogP contribution in [0.1, 0.15) is 27.7 Å². The molecule has 0 saturated heterocycles. The van der Waals surface area contributed by atoms with Crippen molar-refractivity contribution in [3.63, 3.8) is 0 Å². The molecule has 0 heteroatoms. The molecule has 0 saturated carbocycles. The average molecular weight is 124 g/mol. The van der Waals surface area contributed by atoms with E-state index < -0.39 is 0 Å². The first-order valence-electron chi connectivity index (χ1n) is 3.41. The molecule has 0 atom stereocenters. The molecule has 0 bridgehead atoms. The molecule has 0 aliphatic carbocycles. The van der Waals surface area contributed by atoms with Gasteiger partial charge in [-0.3, -0.25) is 0 Å². The minimum atomic E-state index is 0.618. The van der Waals surface area contributed by atoms with Crippen molar-refractivity contribution in [2.24, 2.45) is 5.92 Å². The Morgan fingerprint density at radius 3 is 1.89 bits per heavy atom. The first-order chi connectivity index (χ1) is 4.09. The Kier molecular flexibility index (Phi) is 3.29. The molecule has 0 aromatic carbocycles. The highest BCUT2D eigenvalue weighted by atomic mass is 14.1. The van der Waals surface area contributed by atoms with Crippen LogP contribution in [0, 0.1) is 5.92 Å². The lowest BCUT2D eigenvalue weighted by atomic mass is 9.97. The van der Waals surface area contributed by atoms with Gasteiger partial charge in [-0.1, -0.05) is 32.1 Å². The molecule has 0 aromatic heterocycles. The number of allylic oxidation sites excluding steroid dienone is 3. The normalized spacial score (nSPS) is 12.3. The van der Waals surface area contributed by atoms with E-state index in [0.29, 0.717) is 5.92 Å². The fourth-order valence-electron chi connectivity index (χ4n) is 1.07. The zero-order chi connectivity index (χ0) is 7.44. The Labute approximate surface area is 58.3 Å². The Morgan fingerprint density at radius 2 is 1.89 bits per heavy atom. The maximum atomic E-state index is 3.88. The van der Waals surface area contributed by atoms with Crippen LogP contribution >= 0.6 is 0 Å². The maximum Gasteiger partial charge on any atom is -0.0220 e. The van der Waals surface area contributed by atoms with Gasteiger partial charge in [0.15, 0.2) is 0 Å². The fraction of sp³-hybridized carbons (Fsp3) is 0.556. The van der Waals surface area contributed by atoms with Crippen molar-refractivity contribution in [2.75, 3.05) is 0 Å². The Hall–Kier alpha value is -0.520. The maximum absolute atomic E-state index is 3.88. The topological polar surface area (TPSA) is 0 Å². The summed E-state index contributed by atoms with van der Waals surface area (Å²) >= 11 is 0. The Balaban J connectivity index is 4.19. The summed E-state index contributed by atoms with van der Waals surface area (Å²) in [7, 11) is 0. The second-order valence-corrected chi connectivity index (χ2v) is 2.68. The van der Waals surface area contributed by atoms with Crippen LogP contribution in [-0.4, -0.2) is 0 Å². The number of hydrogen-bond acceptors (Lipinski definition) is 0. The highest BCUT2D eigenvalue weighted by Gasteiger charge is 2.00. The molecule has 0 spiro atoms. The van der Waals surface area contributed by atoms with Crippen LogP contribution in [0.4, 0.5) is 0 Å². The summed E-state index contributed by atoms with van der Waals surface area (Å²) in [6.45, 7) is 12.4. The van der Waals surface area contributed by atoms with Crippen molar-refractivity contribution < 1.29 is 0 Å². The number of hydrogen-bond donors (Lipinski definition) is 0. The summed E-state index contributed by atoms with van der Waals surface area (Å²) < 4.78 is 0. The molecule has 0 heterocycles. The van der Waals surface area contributed by atoms with Gasteiger partial charge in [-0.2, -0.15) is 0 Å². The lowest BCUT2D eigenvalue weighted by molar-refractivity contribution is 0.776. The lowest BCUT2D eigenvalue weighted by Crippen LogP contribution is -1.93. The van der Waals surface area contributed by atoms with Crippen LogP contribution in [0.15, 0.2) is 23.8 Å². The van der Waals surface area contributed by atoms with Gasteiger partial charge in [0, 0.05) is 0 Å². The molecule has 0 aliphatic rings. The van der Waals surface area contributed by atoms with Gasteiger partial charge in [0.2, 0.25) is 0 Å². The van der Waals surface area contributed by atoms with E-state index in [-0.39, 0.29) is 0 Å². The highest BCUT2D eigenvalue weighted by molar-refractivity contribution is 5.26. The van der Waals surface area contributed by atoms with Gasteiger partial charge in [0.25, 0.3) is 0 Å². The van der Waals surface area contributed by atoms with E-state index in [1.807, 2.05) is 0 Å². The molecule has 0 aliphatic heterocycles. The molecule has 0 radical (unpaired) electrons. The van der Waals surface area contributed by atoms with Crippen molar-refractivity contribution >= 4 is 0 Å². The minimum absolute atomic E-state index is 0.618. The predicted molar refractivity (Wildman–Crippen MR) is 43.4 cm³/mol. The van der Waals surface area contributed by atoms with E-state index in [0.717, 1.165) is 0 Å². The predicted octanol–water partition coefficient (Wildman–Crippen LogP) is 3.16. The van der Waals surface area contributed by atoms with Gasteiger partial charge in [-0.05, 0) is 25.3 Å². The SMILES string of the molecule is C=C(C)/C(=C\C)C(C)C. The average Bonchev–Trinajstić information content (AvgIpc) is 1.64. The Morgan fingerprint density at radius 1 is 1.44 bits per heavy atom. The summed E-state index contributed by atoms with van der Waals surface area (Å²) in [6, 6.07) is 0. The molecular formula is C9H16. The standard InChI is InChI=1S/C9H16/c1-6-9(7(2)3)8(4)5/h6,8H,2H2,1,3-5H3/b9-6+. The molecule has 0 unspecified atom stereocenters. The van der Waals surface area contributed by atoms with Crippen LogP contribution in [0.3, 0.4) is 0 Å². The van der Waals surface area contributed by atoms with Crippen LogP contribution < -0.4 is 0 Å². The van der Waals surface area contributed by atoms with Crippen LogP contribution in [-0.2, 0) is 0 Å². The summed E-state index contributed by atoms with van der Waals surface area (Å²) in [6.07, 6.45) is 2.13. The van der Waals surface area contributed by atoms with Crippen molar-refractivity contribution in [1.29, 1.82) is 0 Å². The molecule has 0 aromatic rings. The van der Waals surface area contributed by atoms with Gasteiger partial charge in [-0.25, -0.2) is 0 Å². The van der Waals surface area contributed by atoms with Gasteiger partial charge in [0.05, 0.1) is 0 Å². The van der Waals surface area contributed by atoms with Crippen LogP contribution in [0.25, 0.3) is 0 Å². The van der Waals surface area contributed by atoms with Gasteiger partial charge in [0.1, 0.15) is 0 Å². The summed E-state index contributed by atoms with van der Waals surface area (Å²) in [5, 5.41) is 0.